The van der Waals surface area contributed by atoms with Gasteiger partial charge in [0.15, 0.2) is 0 Å². The molecule has 2 aromatic carbocycles. The van der Waals surface area contributed by atoms with Gasteiger partial charge in [0, 0.05) is 29.4 Å². The highest BCUT2D eigenvalue weighted by Crippen LogP contribution is 2.34. The largest absolute Gasteiger partial charge is 0.349 e. The van der Waals surface area contributed by atoms with Crippen LogP contribution in [0.15, 0.2) is 48.5 Å². The summed E-state index contributed by atoms with van der Waals surface area (Å²) in [5.41, 5.74) is 2.18. The van der Waals surface area contributed by atoms with Gasteiger partial charge >= 0.3 is 6.03 Å². The highest BCUT2D eigenvalue weighted by molar-refractivity contribution is 5.94. The van der Waals surface area contributed by atoms with Crippen molar-refractivity contribution in [1.82, 2.24) is 10.2 Å². The molecule has 6 heteroatoms. The third kappa shape index (κ3) is 4.42. The number of benzene rings is 2. The molecule has 3 amide bonds. The van der Waals surface area contributed by atoms with Crippen LogP contribution in [-0.4, -0.2) is 35.0 Å². The fourth-order valence-electron chi connectivity index (χ4n) is 4.64. The Kier molecular flexibility index (Phi) is 5.51. The van der Waals surface area contributed by atoms with E-state index < -0.39 is 0 Å². The lowest BCUT2D eigenvalue weighted by atomic mass is 9.82. The van der Waals surface area contributed by atoms with Crippen LogP contribution in [0.4, 0.5) is 14.9 Å². The number of piperidine rings is 2. The van der Waals surface area contributed by atoms with Crippen LogP contribution in [0.2, 0.25) is 0 Å². The van der Waals surface area contributed by atoms with E-state index in [4.69, 9.17) is 0 Å². The Hall–Kier alpha value is -2.89. The summed E-state index contributed by atoms with van der Waals surface area (Å²) >= 11 is 0. The molecule has 5 nitrogen and oxygen atoms in total. The number of nitrogens with one attached hydrogen (secondary N) is 2. The molecule has 0 aromatic heterocycles. The van der Waals surface area contributed by atoms with Gasteiger partial charge in [-0.15, -0.1) is 0 Å². The van der Waals surface area contributed by atoms with Crippen LogP contribution < -0.4 is 10.6 Å². The Morgan fingerprint density at radius 3 is 2.45 bits per heavy atom. The standard InChI is InChI=1S/C23H26FN3O2/c1-15-5-2-6-16(11-15)22(28)25-19-13-20-9-4-10-21(14-19)27(20)23(29)26-18-8-3-7-17(24)12-18/h2-3,5-8,11-12,19-21H,4,9-10,13-14H2,1H3,(H,25,28)(H,26,29). The van der Waals surface area contributed by atoms with Crippen molar-refractivity contribution >= 4 is 17.6 Å². The molecule has 2 N–H and O–H groups in total. The van der Waals surface area contributed by atoms with E-state index in [1.165, 1.54) is 12.1 Å². The fourth-order valence-corrected chi connectivity index (χ4v) is 4.64. The summed E-state index contributed by atoms with van der Waals surface area (Å²) in [5.74, 6) is -0.435. The van der Waals surface area contributed by atoms with Crippen LogP contribution >= 0.6 is 0 Å². The lowest BCUT2D eigenvalue weighted by molar-refractivity contribution is 0.0577. The molecule has 4 rings (SSSR count). The normalized spacial score (nSPS) is 23.4. The first-order valence-corrected chi connectivity index (χ1v) is 10.2. The van der Waals surface area contributed by atoms with E-state index in [9.17, 15) is 14.0 Å². The molecular formula is C23H26FN3O2. The zero-order chi connectivity index (χ0) is 20.4. The molecule has 2 fully saturated rings. The number of hydrogen-bond acceptors (Lipinski definition) is 2. The van der Waals surface area contributed by atoms with Crippen molar-refractivity contribution in [3.05, 3.63) is 65.5 Å². The van der Waals surface area contributed by atoms with E-state index in [2.05, 4.69) is 10.6 Å². The van der Waals surface area contributed by atoms with Crippen molar-refractivity contribution in [1.29, 1.82) is 0 Å². The van der Waals surface area contributed by atoms with E-state index in [0.717, 1.165) is 37.7 Å². The Bertz CT molecular complexity index is 903. The predicted molar refractivity (Wildman–Crippen MR) is 110 cm³/mol. The van der Waals surface area contributed by atoms with Gasteiger partial charge in [0.1, 0.15) is 5.82 Å². The van der Waals surface area contributed by atoms with Gasteiger partial charge in [0.25, 0.3) is 5.91 Å². The third-order valence-corrected chi connectivity index (χ3v) is 5.90. The minimum atomic E-state index is -0.374. The number of amides is 3. The Labute approximate surface area is 170 Å². The van der Waals surface area contributed by atoms with Crippen LogP contribution in [0.25, 0.3) is 0 Å². The summed E-state index contributed by atoms with van der Waals surface area (Å²) in [4.78, 5) is 27.4. The number of nitrogens with zero attached hydrogens (tertiary/aromatic N) is 1. The van der Waals surface area contributed by atoms with Crippen molar-refractivity contribution in [2.24, 2.45) is 0 Å². The van der Waals surface area contributed by atoms with Crippen LogP contribution in [-0.2, 0) is 0 Å². The topological polar surface area (TPSA) is 61.4 Å². The first-order chi connectivity index (χ1) is 14.0. The fraction of sp³-hybridized carbons (Fsp3) is 0.391. The molecule has 2 unspecified atom stereocenters. The van der Waals surface area contributed by atoms with Crippen molar-refractivity contribution in [3.63, 3.8) is 0 Å². The van der Waals surface area contributed by atoms with E-state index in [-0.39, 0.29) is 35.9 Å². The Morgan fingerprint density at radius 2 is 1.76 bits per heavy atom. The van der Waals surface area contributed by atoms with Gasteiger partial charge < -0.3 is 15.5 Å². The molecule has 0 saturated carbocycles. The number of aryl methyl sites for hydroxylation is 1. The summed E-state index contributed by atoms with van der Waals surface area (Å²) in [5, 5.41) is 5.99. The summed E-state index contributed by atoms with van der Waals surface area (Å²) in [6.07, 6.45) is 4.40. The van der Waals surface area contributed by atoms with Gasteiger partial charge in [-0.1, -0.05) is 23.8 Å². The molecule has 2 atom stereocenters. The average Bonchev–Trinajstić information content (AvgIpc) is 2.67. The first kappa shape index (κ1) is 19.4. The quantitative estimate of drug-likeness (QED) is 0.805. The molecule has 0 radical (unpaired) electrons. The monoisotopic (exact) mass is 395 g/mol. The highest BCUT2D eigenvalue weighted by Gasteiger charge is 2.41. The number of fused-ring (bicyclic) bond motifs is 2. The lowest BCUT2D eigenvalue weighted by Crippen LogP contribution is -2.59. The second-order valence-corrected chi connectivity index (χ2v) is 8.10. The molecule has 152 valence electrons. The molecule has 0 spiro atoms. The summed E-state index contributed by atoms with van der Waals surface area (Å²) in [7, 11) is 0. The van der Waals surface area contributed by atoms with Gasteiger partial charge in [0.2, 0.25) is 0 Å². The van der Waals surface area contributed by atoms with Crippen molar-refractivity contribution in [2.45, 2.75) is 57.2 Å². The second kappa shape index (κ2) is 8.23. The summed E-state index contributed by atoms with van der Waals surface area (Å²) in [6, 6.07) is 13.5. The van der Waals surface area contributed by atoms with Crippen molar-refractivity contribution < 1.29 is 14.0 Å². The molecule has 2 aliphatic heterocycles. The molecular weight excluding hydrogens is 369 g/mol. The molecule has 2 bridgehead atoms. The maximum Gasteiger partial charge on any atom is 0.322 e. The average molecular weight is 395 g/mol. The van der Waals surface area contributed by atoms with E-state index in [0.29, 0.717) is 11.3 Å². The summed E-state index contributed by atoms with van der Waals surface area (Å²) in [6.45, 7) is 1.97. The van der Waals surface area contributed by atoms with Crippen LogP contribution in [0, 0.1) is 12.7 Å². The van der Waals surface area contributed by atoms with Gasteiger partial charge in [0.05, 0.1) is 0 Å². The number of carbonyl (C=O) groups is 2. The molecule has 2 heterocycles. The number of carbonyl (C=O) groups excluding carboxylic acids is 2. The molecule has 2 aromatic rings. The first-order valence-electron chi connectivity index (χ1n) is 10.2. The SMILES string of the molecule is Cc1cccc(C(=O)NC2CC3CCCC(C2)N3C(=O)Nc2cccc(F)c2)c1. The van der Waals surface area contributed by atoms with Crippen LogP contribution in [0.5, 0.6) is 0 Å². The Morgan fingerprint density at radius 1 is 1.03 bits per heavy atom. The number of hydrogen-bond donors (Lipinski definition) is 2. The predicted octanol–water partition coefficient (Wildman–Crippen LogP) is 4.48. The molecule has 29 heavy (non-hydrogen) atoms. The van der Waals surface area contributed by atoms with Crippen molar-refractivity contribution in [3.8, 4) is 0 Å². The number of urea groups is 1. The number of rotatable bonds is 3. The second-order valence-electron chi connectivity index (χ2n) is 8.10. The maximum atomic E-state index is 13.4. The van der Waals surface area contributed by atoms with E-state index >= 15 is 0 Å². The van der Waals surface area contributed by atoms with Gasteiger partial charge in [-0.25, -0.2) is 9.18 Å². The lowest BCUT2D eigenvalue weighted by Gasteiger charge is -2.48. The van der Waals surface area contributed by atoms with E-state index in [1.807, 2.05) is 36.1 Å². The highest BCUT2D eigenvalue weighted by atomic mass is 19.1. The Balaban J connectivity index is 1.42. The third-order valence-electron chi connectivity index (χ3n) is 5.90. The summed E-state index contributed by atoms with van der Waals surface area (Å²) < 4.78 is 13.4. The van der Waals surface area contributed by atoms with Crippen LogP contribution in [0.3, 0.4) is 0 Å². The number of anilines is 1. The van der Waals surface area contributed by atoms with Gasteiger partial charge in [-0.3, -0.25) is 4.79 Å². The molecule has 2 aliphatic rings. The minimum Gasteiger partial charge on any atom is -0.349 e. The zero-order valence-corrected chi connectivity index (χ0v) is 16.5. The molecule has 2 saturated heterocycles. The van der Waals surface area contributed by atoms with Crippen molar-refractivity contribution in [2.75, 3.05) is 5.32 Å². The number of halogens is 1. The van der Waals surface area contributed by atoms with Crippen LogP contribution in [0.1, 0.15) is 48.0 Å². The van der Waals surface area contributed by atoms with E-state index in [1.54, 1.807) is 12.1 Å². The van der Waals surface area contributed by atoms with Gasteiger partial charge in [-0.05, 0) is 69.4 Å². The minimum absolute atomic E-state index is 0.0523. The maximum absolute atomic E-state index is 13.4. The zero-order valence-electron chi connectivity index (χ0n) is 16.5. The van der Waals surface area contributed by atoms with Gasteiger partial charge in [-0.2, -0.15) is 0 Å². The smallest absolute Gasteiger partial charge is 0.322 e. The molecule has 0 aliphatic carbocycles.